The first kappa shape index (κ1) is 25.9. The van der Waals surface area contributed by atoms with E-state index in [9.17, 15) is 19.2 Å². The average molecular weight is 495 g/mol. The molecule has 0 spiro atoms. The number of carbonyl (C=O) groups is 3. The zero-order valence-electron chi connectivity index (χ0n) is 20.4. The molecule has 0 fully saturated rings. The molecule has 0 aliphatic heterocycles. The molecular formula is C25H25N3O8. The molecule has 0 radical (unpaired) electrons. The summed E-state index contributed by atoms with van der Waals surface area (Å²) in [6.45, 7) is 1.58. The predicted octanol–water partition coefficient (Wildman–Crippen LogP) is 2.60. The van der Waals surface area contributed by atoms with E-state index in [-0.39, 0.29) is 40.2 Å². The van der Waals surface area contributed by atoms with Gasteiger partial charge in [-0.3, -0.25) is 19.7 Å². The SMILES string of the molecule is COC(=O)Cc1[nH]n(-c2ccc(OC)cc2)c(=O)c1C(C)=Nc1cc(C(=O)OC)cc(C(=O)OC)c1. The van der Waals surface area contributed by atoms with E-state index in [1.165, 1.54) is 51.3 Å². The van der Waals surface area contributed by atoms with Gasteiger partial charge in [0.2, 0.25) is 0 Å². The number of carbonyl (C=O) groups excluding carboxylic acids is 3. The van der Waals surface area contributed by atoms with Crippen LogP contribution in [0.5, 0.6) is 5.75 Å². The zero-order valence-corrected chi connectivity index (χ0v) is 20.4. The Morgan fingerprint density at radius 2 is 1.47 bits per heavy atom. The van der Waals surface area contributed by atoms with Crippen LogP contribution in [0.3, 0.4) is 0 Å². The number of aromatic nitrogens is 2. The quantitative estimate of drug-likeness (QED) is 0.286. The summed E-state index contributed by atoms with van der Waals surface area (Å²) in [5.74, 6) is -1.31. The minimum Gasteiger partial charge on any atom is -0.497 e. The maximum atomic E-state index is 13.4. The van der Waals surface area contributed by atoms with E-state index in [0.29, 0.717) is 11.4 Å². The molecule has 0 aliphatic rings. The number of rotatable bonds is 8. The van der Waals surface area contributed by atoms with Gasteiger partial charge in [0.15, 0.2) is 0 Å². The van der Waals surface area contributed by atoms with E-state index < -0.39 is 23.5 Å². The van der Waals surface area contributed by atoms with Gasteiger partial charge in [-0.05, 0) is 49.4 Å². The van der Waals surface area contributed by atoms with E-state index in [1.807, 2.05) is 0 Å². The maximum absolute atomic E-state index is 13.4. The smallest absolute Gasteiger partial charge is 0.337 e. The minimum absolute atomic E-state index is 0.0754. The molecule has 2 aromatic carbocycles. The Morgan fingerprint density at radius 3 is 1.97 bits per heavy atom. The van der Waals surface area contributed by atoms with Gasteiger partial charge in [-0.15, -0.1) is 0 Å². The molecule has 3 rings (SSSR count). The van der Waals surface area contributed by atoms with Crippen molar-refractivity contribution in [2.24, 2.45) is 4.99 Å². The summed E-state index contributed by atoms with van der Waals surface area (Å²) in [4.78, 5) is 54.1. The van der Waals surface area contributed by atoms with Gasteiger partial charge in [0.1, 0.15) is 5.75 Å². The Balaban J connectivity index is 2.17. The van der Waals surface area contributed by atoms with Gasteiger partial charge < -0.3 is 18.9 Å². The Morgan fingerprint density at radius 1 is 0.889 bits per heavy atom. The minimum atomic E-state index is -0.676. The van der Waals surface area contributed by atoms with Gasteiger partial charge in [0, 0.05) is 0 Å². The Labute approximate surface area is 206 Å². The summed E-state index contributed by atoms with van der Waals surface area (Å²) in [5.41, 5.74) is 1.05. The fourth-order valence-electron chi connectivity index (χ4n) is 3.51. The predicted molar refractivity (Wildman–Crippen MR) is 130 cm³/mol. The van der Waals surface area contributed by atoms with Crippen LogP contribution in [-0.4, -0.2) is 61.8 Å². The number of hydrogen-bond donors (Lipinski definition) is 1. The van der Waals surface area contributed by atoms with Crippen molar-refractivity contribution in [2.75, 3.05) is 28.4 Å². The molecule has 11 nitrogen and oxygen atoms in total. The van der Waals surface area contributed by atoms with Crippen LogP contribution in [-0.2, 0) is 25.4 Å². The highest BCUT2D eigenvalue weighted by Gasteiger charge is 2.21. The number of benzene rings is 2. The van der Waals surface area contributed by atoms with Crippen LogP contribution in [0.25, 0.3) is 5.69 Å². The summed E-state index contributed by atoms with van der Waals surface area (Å²) in [6.07, 6.45) is -0.216. The fourth-order valence-corrected chi connectivity index (χ4v) is 3.51. The summed E-state index contributed by atoms with van der Waals surface area (Å²) in [6, 6.07) is 10.9. The second kappa shape index (κ2) is 11.2. The lowest BCUT2D eigenvalue weighted by molar-refractivity contribution is -0.139. The molecule has 0 saturated carbocycles. The number of nitrogens with one attached hydrogen (secondary N) is 1. The summed E-state index contributed by atoms with van der Waals surface area (Å²) >= 11 is 0. The van der Waals surface area contributed by atoms with Crippen LogP contribution < -0.4 is 10.3 Å². The fraction of sp³-hybridized carbons (Fsp3) is 0.240. The second-order valence-electron chi connectivity index (χ2n) is 7.51. The highest BCUT2D eigenvalue weighted by molar-refractivity contribution is 6.03. The first-order chi connectivity index (χ1) is 17.2. The van der Waals surface area contributed by atoms with Crippen LogP contribution >= 0.6 is 0 Å². The van der Waals surface area contributed by atoms with Gasteiger partial charge in [0.25, 0.3) is 5.56 Å². The molecule has 36 heavy (non-hydrogen) atoms. The van der Waals surface area contributed by atoms with E-state index in [0.717, 1.165) is 0 Å². The number of esters is 3. The largest absolute Gasteiger partial charge is 0.497 e. The number of ether oxygens (including phenoxy) is 4. The van der Waals surface area contributed by atoms with Crippen molar-refractivity contribution in [1.82, 2.24) is 9.78 Å². The monoisotopic (exact) mass is 495 g/mol. The molecule has 1 aromatic heterocycles. The van der Waals surface area contributed by atoms with Gasteiger partial charge in [-0.1, -0.05) is 0 Å². The van der Waals surface area contributed by atoms with Gasteiger partial charge >= 0.3 is 17.9 Å². The summed E-state index contributed by atoms with van der Waals surface area (Å²) < 4.78 is 20.7. The Hall–Kier alpha value is -4.67. The molecule has 0 atom stereocenters. The number of aromatic amines is 1. The molecule has 3 aromatic rings. The number of hydrogen-bond acceptors (Lipinski definition) is 9. The maximum Gasteiger partial charge on any atom is 0.337 e. The molecule has 0 amide bonds. The zero-order chi connectivity index (χ0) is 26.4. The third-order valence-corrected chi connectivity index (χ3v) is 5.26. The van der Waals surface area contributed by atoms with Crippen molar-refractivity contribution in [3.8, 4) is 11.4 Å². The van der Waals surface area contributed by atoms with Gasteiger partial charge in [0.05, 0.1) is 74.3 Å². The Bertz CT molecular complexity index is 1350. The van der Waals surface area contributed by atoms with E-state index >= 15 is 0 Å². The van der Waals surface area contributed by atoms with Crippen LogP contribution in [0.15, 0.2) is 52.3 Å². The molecule has 1 heterocycles. The molecule has 0 bridgehead atoms. The first-order valence-electron chi connectivity index (χ1n) is 10.6. The Kier molecular flexibility index (Phi) is 8.05. The van der Waals surface area contributed by atoms with Gasteiger partial charge in [-0.2, -0.15) is 0 Å². The number of methoxy groups -OCH3 is 4. The lowest BCUT2D eigenvalue weighted by atomic mass is 10.1. The van der Waals surface area contributed by atoms with Crippen LogP contribution in [0.2, 0.25) is 0 Å². The van der Waals surface area contributed by atoms with Crippen molar-refractivity contribution in [3.05, 3.63) is 75.2 Å². The molecule has 0 unspecified atom stereocenters. The topological polar surface area (TPSA) is 138 Å². The molecular weight excluding hydrogens is 470 g/mol. The number of aliphatic imine (C=N–C) groups is 1. The summed E-state index contributed by atoms with van der Waals surface area (Å²) in [5, 5.41) is 2.95. The first-order valence-corrected chi connectivity index (χ1v) is 10.6. The van der Waals surface area contributed by atoms with E-state index in [2.05, 4.69) is 10.1 Å². The lowest BCUT2D eigenvalue weighted by Gasteiger charge is -2.06. The third-order valence-electron chi connectivity index (χ3n) is 5.26. The van der Waals surface area contributed by atoms with Crippen molar-refractivity contribution in [3.63, 3.8) is 0 Å². The highest BCUT2D eigenvalue weighted by atomic mass is 16.5. The van der Waals surface area contributed by atoms with E-state index in [4.69, 9.17) is 18.9 Å². The lowest BCUT2D eigenvalue weighted by Crippen LogP contribution is -2.20. The number of H-pyrrole nitrogens is 1. The highest BCUT2D eigenvalue weighted by Crippen LogP contribution is 2.22. The molecule has 11 heteroatoms. The third kappa shape index (κ3) is 5.52. The van der Waals surface area contributed by atoms with E-state index in [1.54, 1.807) is 31.2 Å². The number of nitrogens with zero attached hydrogens (tertiary/aromatic N) is 2. The molecule has 1 N–H and O–H groups in total. The molecule has 0 aliphatic carbocycles. The standard InChI is InChI=1S/C25H25N3O8/c1-14(26-17-11-15(24(31)35-4)10-16(12-17)25(32)36-5)22-20(13-21(29)34-3)27-28(23(22)30)18-6-8-19(33-2)9-7-18/h6-12,27H,13H2,1-5H3. The van der Waals surface area contributed by atoms with Crippen LogP contribution in [0, 0.1) is 0 Å². The van der Waals surface area contributed by atoms with Crippen LogP contribution in [0.4, 0.5) is 5.69 Å². The van der Waals surface area contributed by atoms with Crippen LogP contribution in [0.1, 0.15) is 38.9 Å². The molecule has 0 saturated heterocycles. The van der Waals surface area contributed by atoms with Crippen molar-refractivity contribution >= 4 is 29.3 Å². The van der Waals surface area contributed by atoms with Crippen molar-refractivity contribution in [1.29, 1.82) is 0 Å². The van der Waals surface area contributed by atoms with Crippen molar-refractivity contribution in [2.45, 2.75) is 13.3 Å². The van der Waals surface area contributed by atoms with Gasteiger partial charge in [-0.25, -0.2) is 14.3 Å². The second-order valence-corrected chi connectivity index (χ2v) is 7.51. The average Bonchev–Trinajstić information content (AvgIpc) is 3.22. The normalized spacial score (nSPS) is 11.1. The van der Waals surface area contributed by atoms with Crippen molar-refractivity contribution < 1.29 is 33.3 Å². The summed E-state index contributed by atoms with van der Waals surface area (Å²) in [7, 11) is 5.20. The molecule has 188 valence electrons.